The molecule has 1 atom stereocenters. The summed E-state index contributed by atoms with van der Waals surface area (Å²) in [6.45, 7) is 3.75. The minimum Gasteiger partial charge on any atom is -0.441 e. The number of nitrogens with zero attached hydrogens (tertiary/aromatic N) is 1. The molecule has 0 radical (unpaired) electrons. The summed E-state index contributed by atoms with van der Waals surface area (Å²) in [6.07, 6.45) is 2.11. The molecule has 3 aromatic rings. The Morgan fingerprint density at radius 1 is 1.10 bits per heavy atom. The summed E-state index contributed by atoms with van der Waals surface area (Å²) < 4.78 is 5.73. The van der Waals surface area contributed by atoms with Crippen LogP contribution >= 0.6 is 0 Å². The highest BCUT2D eigenvalue weighted by atomic mass is 16.4. The zero-order valence-corrected chi connectivity index (χ0v) is 17.1. The number of aryl methyl sites for hydroxylation is 1. The van der Waals surface area contributed by atoms with Gasteiger partial charge in [0.1, 0.15) is 5.76 Å². The lowest BCUT2D eigenvalue weighted by Crippen LogP contribution is -2.28. The first-order valence-electron chi connectivity index (χ1n) is 10.2. The molecule has 30 heavy (non-hydrogen) atoms. The van der Waals surface area contributed by atoms with Crippen LogP contribution in [0.4, 0.5) is 5.69 Å². The molecule has 1 aliphatic carbocycles. The summed E-state index contributed by atoms with van der Waals surface area (Å²) in [6, 6.07) is 17.0. The SMILES string of the molecule is Cc1oc(-c2ccccc2)nc1CC(=O)NC(C)c1ccc(NC(=O)C2CC2)cc1. The average molecular weight is 403 g/mol. The molecule has 1 fully saturated rings. The molecule has 1 heterocycles. The highest BCUT2D eigenvalue weighted by Gasteiger charge is 2.29. The standard InChI is InChI=1S/C24H25N3O3/c1-15(17-10-12-20(13-11-17)26-23(29)18-8-9-18)25-22(28)14-21-16(2)30-24(27-21)19-6-4-3-5-7-19/h3-7,10-13,15,18H,8-9,14H2,1-2H3,(H,25,28)(H,26,29). The summed E-state index contributed by atoms with van der Waals surface area (Å²) in [4.78, 5) is 28.9. The molecule has 6 nitrogen and oxygen atoms in total. The van der Waals surface area contributed by atoms with Gasteiger partial charge in [-0.05, 0) is 56.5 Å². The Morgan fingerprint density at radius 3 is 2.47 bits per heavy atom. The number of carbonyl (C=O) groups is 2. The van der Waals surface area contributed by atoms with Crippen molar-refractivity contribution >= 4 is 17.5 Å². The summed E-state index contributed by atoms with van der Waals surface area (Å²) in [5.41, 5.74) is 3.27. The molecule has 2 aromatic carbocycles. The summed E-state index contributed by atoms with van der Waals surface area (Å²) in [5.74, 6) is 1.30. The van der Waals surface area contributed by atoms with E-state index in [0.717, 1.165) is 29.7 Å². The number of benzene rings is 2. The number of amides is 2. The second kappa shape index (κ2) is 8.53. The zero-order chi connectivity index (χ0) is 21.1. The van der Waals surface area contributed by atoms with Crippen LogP contribution < -0.4 is 10.6 Å². The molecule has 0 bridgehead atoms. The van der Waals surface area contributed by atoms with Gasteiger partial charge in [-0.2, -0.15) is 0 Å². The Kier molecular flexibility index (Phi) is 5.65. The van der Waals surface area contributed by atoms with Crippen LogP contribution in [0.5, 0.6) is 0 Å². The van der Waals surface area contributed by atoms with Gasteiger partial charge in [0.25, 0.3) is 0 Å². The fraction of sp³-hybridized carbons (Fsp3) is 0.292. The fourth-order valence-electron chi connectivity index (χ4n) is 3.27. The number of nitrogens with one attached hydrogen (secondary N) is 2. The van der Waals surface area contributed by atoms with Gasteiger partial charge in [-0.3, -0.25) is 9.59 Å². The first-order valence-corrected chi connectivity index (χ1v) is 10.2. The maximum atomic E-state index is 12.5. The quantitative estimate of drug-likeness (QED) is 0.612. The van der Waals surface area contributed by atoms with Crippen molar-refractivity contribution in [1.82, 2.24) is 10.3 Å². The van der Waals surface area contributed by atoms with Gasteiger partial charge >= 0.3 is 0 Å². The monoisotopic (exact) mass is 403 g/mol. The van der Waals surface area contributed by atoms with Crippen molar-refractivity contribution in [3.8, 4) is 11.5 Å². The molecule has 0 saturated heterocycles. The Hall–Kier alpha value is -3.41. The van der Waals surface area contributed by atoms with E-state index in [9.17, 15) is 9.59 Å². The topological polar surface area (TPSA) is 84.2 Å². The van der Waals surface area contributed by atoms with E-state index in [1.807, 2.05) is 68.4 Å². The van der Waals surface area contributed by atoms with Crippen LogP contribution in [0.3, 0.4) is 0 Å². The number of carbonyl (C=O) groups excluding carboxylic acids is 2. The molecule has 1 unspecified atom stereocenters. The van der Waals surface area contributed by atoms with Crippen molar-refractivity contribution in [2.75, 3.05) is 5.32 Å². The molecule has 1 saturated carbocycles. The average Bonchev–Trinajstić information content (AvgIpc) is 3.53. The van der Waals surface area contributed by atoms with Gasteiger partial charge in [-0.15, -0.1) is 0 Å². The first-order chi connectivity index (χ1) is 14.5. The number of hydrogen-bond acceptors (Lipinski definition) is 4. The van der Waals surface area contributed by atoms with Crippen molar-refractivity contribution in [2.45, 2.75) is 39.2 Å². The van der Waals surface area contributed by atoms with E-state index in [1.54, 1.807) is 0 Å². The van der Waals surface area contributed by atoms with E-state index in [-0.39, 0.29) is 30.2 Å². The molecule has 0 spiro atoms. The van der Waals surface area contributed by atoms with Crippen molar-refractivity contribution in [1.29, 1.82) is 0 Å². The maximum absolute atomic E-state index is 12.5. The zero-order valence-electron chi connectivity index (χ0n) is 17.1. The summed E-state index contributed by atoms with van der Waals surface area (Å²) >= 11 is 0. The third-order valence-corrected chi connectivity index (χ3v) is 5.25. The molecule has 0 aliphatic heterocycles. The second-order valence-corrected chi connectivity index (χ2v) is 7.74. The van der Waals surface area contributed by atoms with E-state index >= 15 is 0 Å². The van der Waals surface area contributed by atoms with Gasteiger partial charge in [0.05, 0.1) is 18.2 Å². The van der Waals surface area contributed by atoms with E-state index in [4.69, 9.17) is 4.42 Å². The number of rotatable bonds is 7. The van der Waals surface area contributed by atoms with Crippen LogP contribution in [0.25, 0.3) is 11.5 Å². The van der Waals surface area contributed by atoms with Crippen LogP contribution in [0.2, 0.25) is 0 Å². The van der Waals surface area contributed by atoms with Crippen molar-refractivity contribution in [3.63, 3.8) is 0 Å². The lowest BCUT2D eigenvalue weighted by molar-refractivity contribution is -0.121. The Balaban J connectivity index is 1.34. The molecule has 2 N–H and O–H groups in total. The Morgan fingerprint density at radius 2 is 1.80 bits per heavy atom. The third-order valence-electron chi connectivity index (χ3n) is 5.25. The maximum Gasteiger partial charge on any atom is 0.227 e. The smallest absolute Gasteiger partial charge is 0.227 e. The number of hydrogen-bond donors (Lipinski definition) is 2. The van der Waals surface area contributed by atoms with E-state index < -0.39 is 0 Å². The minimum absolute atomic E-state index is 0.0851. The van der Waals surface area contributed by atoms with Crippen LogP contribution in [0.1, 0.15) is 42.8 Å². The van der Waals surface area contributed by atoms with Gasteiger partial charge in [-0.25, -0.2) is 4.98 Å². The molecule has 1 aromatic heterocycles. The Labute approximate surface area is 175 Å². The third kappa shape index (κ3) is 4.76. The second-order valence-electron chi connectivity index (χ2n) is 7.74. The largest absolute Gasteiger partial charge is 0.441 e. The predicted molar refractivity (Wildman–Crippen MR) is 115 cm³/mol. The number of aromatic nitrogens is 1. The minimum atomic E-state index is -0.161. The summed E-state index contributed by atoms with van der Waals surface area (Å²) in [7, 11) is 0. The van der Waals surface area contributed by atoms with Gasteiger partial charge in [0.15, 0.2) is 0 Å². The molecule has 4 rings (SSSR count). The predicted octanol–water partition coefficient (Wildman–Crippen LogP) is 4.42. The molecular weight excluding hydrogens is 378 g/mol. The highest BCUT2D eigenvalue weighted by Crippen LogP contribution is 2.30. The Bertz CT molecular complexity index is 1040. The van der Waals surface area contributed by atoms with Gasteiger partial charge in [0, 0.05) is 17.2 Å². The van der Waals surface area contributed by atoms with E-state index in [0.29, 0.717) is 17.3 Å². The molecule has 154 valence electrons. The number of oxazole rings is 1. The number of anilines is 1. The van der Waals surface area contributed by atoms with Crippen LogP contribution in [-0.2, 0) is 16.0 Å². The normalized spacial score (nSPS) is 14.2. The van der Waals surface area contributed by atoms with Crippen LogP contribution in [-0.4, -0.2) is 16.8 Å². The highest BCUT2D eigenvalue weighted by molar-refractivity contribution is 5.94. The molecule has 6 heteroatoms. The van der Waals surface area contributed by atoms with Crippen molar-refractivity contribution in [3.05, 3.63) is 71.6 Å². The van der Waals surface area contributed by atoms with E-state index in [1.165, 1.54) is 0 Å². The van der Waals surface area contributed by atoms with Crippen LogP contribution in [0, 0.1) is 12.8 Å². The van der Waals surface area contributed by atoms with Crippen molar-refractivity contribution < 1.29 is 14.0 Å². The van der Waals surface area contributed by atoms with Crippen LogP contribution in [0.15, 0.2) is 59.0 Å². The lowest BCUT2D eigenvalue weighted by Gasteiger charge is -2.15. The summed E-state index contributed by atoms with van der Waals surface area (Å²) in [5, 5.41) is 5.92. The van der Waals surface area contributed by atoms with Crippen molar-refractivity contribution in [2.24, 2.45) is 5.92 Å². The molecule has 1 aliphatic rings. The van der Waals surface area contributed by atoms with Gasteiger partial charge in [-0.1, -0.05) is 30.3 Å². The van der Waals surface area contributed by atoms with E-state index in [2.05, 4.69) is 15.6 Å². The van der Waals surface area contributed by atoms with Gasteiger partial charge < -0.3 is 15.1 Å². The lowest BCUT2D eigenvalue weighted by atomic mass is 10.1. The molecular formula is C24H25N3O3. The van der Waals surface area contributed by atoms with Gasteiger partial charge in [0.2, 0.25) is 17.7 Å². The molecule has 2 amide bonds. The first kappa shape index (κ1) is 19.9. The fourth-order valence-corrected chi connectivity index (χ4v) is 3.27.